The molecule has 8 nitrogen and oxygen atoms in total. The zero-order valence-corrected chi connectivity index (χ0v) is 40.8. The van der Waals surface area contributed by atoms with Gasteiger partial charge in [0.05, 0.1) is 7.11 Å². The van der Waals surface area contributed by atoms with Crippen LogP contribution < -0.4 is 20.1 Å². The first-order valence-electron chi connectivity index (χ1n) is 19.1. The standard InChI is InChI=1S/C12H16ClNO.C12H19NOS.C11H16ClNOS.C11H14ClNO/c1-8(2)11-7-10(13)5-6-12(11)14-9(3)15-4;1-9(2)11-8-10(3)6-7-12(11)13-15(4,5)14;1-8(2)10-7-9(12)5-6-11(10)13-15(3,4)14;1-7(2)10-6-9(12)4-5-11(10)13-8(3)14/h5-8,14H,3H2,1-2,4H3;6-9H,4H2,1-3,5H3,(H,13,14);5-8H,3H2,1-2,4H3,(H,13,14);4-7H,1-3H3,(H,13,14). The Balaban J connectivity index is 0.000000393. The van der Waals surface area contributed by atoms with E-state index in [9.17, 15) is 13.2 Å². The van der Waals surface area contributed by atoms with E-state index in [4.69, 9.17) is 39.5 Å². The van der Waals surface area contributed by atoms with Crippen LogP contribution >= 0.6 is 34.8 Å². The van der Waals surface area contributed by atoms with Gasteiger partial charge >= 0.3 is 0 Å². The third-order valence-electron chi connectivity index (χ3n) is 8.22. The number of amides is 1. The smallest absolute Gasteiger partial charge is 0.221 e. The summed E-state index contributed by atoms with van der Waals surface area (Å²) in [6, 6.07) is 22.8. The van der Waals surface area contributed by atoms with E-state index in [2.05, 4.69) is 107 Å². The zero-order chi connectivity index (χ0) is 45.4. The fourth-order valence-corrected chi connectivity index (χ4v) is 7.31. The normalized spacial score (nSPS) is 12.7. The van der Waals surface area contributed by atoms with Crippen LogP contribution in [0.4, 0.5) is 22.7 Å². The molecule has 0 saturated carbocycles. The Hall–Kier alpha value is -3.80. The van der Waals surface area contributed by atoms with Gasteiger partial charge in [-0.1, -0.05) is 108 Å². The molecular weight excluding hydrogens is 843 g/mol. The molecule has 4 rings (SSSR count). The van der Waals surface area contributed by atoms with Crippen LogP contribution in [0.15, 0.2) is 85.3 Å². The van der Waals surface area contributed by atoms with E-state index >= 15 is 0 Å². The highest BCUT2D eigenvalue weighted by atomic mass is 35.5. The number of aryl methyl sites for hydroxylation is 1. The van der Waals surface area contributed by atoms with Gasteiger partial charge in [-0.2, -0.15) is 0 Å². The number of anilines is 4. The van der Waals surface area contributed by atoms with Gasteiger partial charge in [-0.25, -0.2) is 8.42 Å². The lowest BCUT2D eigenvalue weighted by atomic mass is 9.99. The molecule has 0 aliphatic rings. The van der Waals surface area contributed by atoms with Crippen molar-refractivity contribution in [3.05, 3.63) is 128 Å². The molecule has 4 aromatic rings. The first-order chi connectivity index (χ1) is 27.1. The summed E-state index contributed by atoms with van der Waals surface area (Å²) < 4.78 is 34.0. The number of hydrogen-bond donors (Lipinski definition) is 4. The average Bonchev–Trinajstić information content (AvgIpc) is 3.10. The van der Waals surface area contributed by atoms with Gasteiger partial charge in [0.15, 0.2) is 5.88 Å². The maximum absolute atomic E-state index is 11.6. The van der Waals surface area contributed by atoms with Crippen LogP contribution in [0.25, 0.3) is 0 Å². The molecule has 0 spiro atoms. The van der Waals surface area contributed by atoms with Crippen LogP contribution in [-0.2, 0) is 28.9 Å². The fourth-order valence-electron chi connectivity index (χ4n) is 5.46. The van der Waals surface area contributed by atoms with Gasteiger partial charge in [-0.15, -0.1) is 0 Å². The maximum atomic E-state index is 11.6. The molecule has 0 aliphatic carbocycles. The van der Waals surface area contributed by atoms with E-state index in [1.54, 1.807) is 31.8 Å². The molecule has 0 aromatic heterocycles. The Kier molecular flexibility index (Phi) is 22.1. The molecule has 326 valence electrons. The first kappa shape index (κ1) is 53.2. The molecule has 13 heteroatoms. The fraction of sp³-hybridized carbons (Fsp3) is 0.370. The van der Waals surface area contributed by atoms with Crippen molar-refractivity contribution in [3.63, 3.8) is 0 Å². The number of methoxy groups -OCH3 is 1. The molecule has 0 heterocycles. The second-order valence-electron chi connectivity index (χ2n) is 15.6. The van der Waals surface area contributed by atoms with Gasteiger partial charge in [0.2, 0.25) is 5.91 Å². The topological polar surface area (TPSA) is 109 Å². The lowest BCUT2D eigenvalue weighted by molar-refractivity contribution is -0.114. The van der Waals surface area contributed by atoms with Gasteiger partial charge in [0, 0.05) is 76.7 Å². The SMILES string of the molecule is C=C(Nc1ccc(Cl)cc1C(C)C)OC.C=S(C)(=O)Nc1ccc(C)cc1C(C)C.C=S(C)(=O)Nc1ccc(Cl)cc1C(C)C.CC(=O)Nc1ccc(Cl)cc1C(C)C. The third-order valence-corrected chi connectivity index (χ3v) is 10.2. The largest absolute Gasteiger partial charge is 0.483 e. The molecule has 59 heavy (non-hydrogen) atoms. The van der Waals surface area contributed by atoms with Crippen molar-refractivity contribution in [1.82, 2.24) is 0 Å². The highest BCUT2D eigenvalue weighted by Gasteiger charge is 2.11. The van der Waals surface area contributed by atoms with E-state index in [1.165, 1.54) is 18.1 Å². The monoisotopic (exact) mass is 906 g/mol. The van der Waals surface area contributed by atoms with Crippen LogP contribution in [0.2, 0.25) is 15.1 Å². The summed E-state index contributed by atoms with van der Waals surface area (Å²) in [6.45, 7) is 24.0. The molecular formula is C46H65Cl3N4O4S2. The first-order valence-corrected chi connectivity index (χ1v) is 24.5. The van der Waals surface area contributed by atoms with Crippen LogP contribution in [0.3, 0.4) is 0 Å². The van der Waals surface area contributed by atoms with Crippen molar-refractivity contribution in [2.24, 2.45) is 0 Å². The predicted octanol–water partition coefficient (Wildman–Crippen LogP) is 13.3. The zero-order valence-electron chi connectivity index (χ0n) is 36.9. The molecule has 0 saturated heterocycles. The van der Waals surface area contributed by atoms with Crippen molar-refractivity contribution in [1.29, 1.82) is 0 Å². The number of carbonyl (C=O) groups is 1. The molecule has 2 atom stereocenters. The van der Waals surface area contributed by atoms with Gasteiger partial charge < -0.3 is 24.8 Å². The Labute approximate surface area is 371 Å². The van der Waals surface area contributed by atoms with Gasteiger partial charge in [0.1, 0.15) is 0 Å². The van der Waals surface area contributed by atoms with Crippen LogP contribution in [0, 0.1) is 6.92 Å². The Morgan fingerprint density at radius 2 is 0.881 bits per heavy atom. The van der Waals surface area contributed by atoms with E-state index in [0.717, 1.165) is 44.5 Å². The van der Waals surface area contributed by atoms with Crippen molar-refractivity contribution in [3.8, 4) is 0 Å². The van der Waals surface area contributed by atoms with Crippen molar-refractivity contribution < 1.29 is 17.9 Å². The second kappa shape index (κ2) is 24.5. The summed E-state index contributed by atoms with van der Waals surface area (Å²) in [5, 5.41) is 8.01. The molecule has 4 N–H and O–H groups in total. The highest BCUT2D eigenvalue weighted by Crippen LogP contribution is 2.30. The summed E-state index contributed by atoms with van der Waals surface area (Å²) in [5.74, 6) is 9.12. The molecule has 0 fully saturated rings. The lowest BCUT2D eigenvalue weighted by Gasteiger charge is -2.16. The number of nitrogens with one attached hydrogen (secondary N) is 4. The predicted molar refractivity (Wildman–Crippen MR) is 266 cm³/mol. The van der Waals surface area contributed by atoms with Crippen molar-refractivity contribution >= 4 is 94.6 Å². The van der Waals surface area contributed by atoms with Crippen LogP contribution in [-0.4, -0.2) is 45.7 Å². The minimum atomic E-state index is -2.24. The number of ether oxygens (including phenoxy) is 1. The number of hydrogen-bond acceptors (Lipinski definition) is 5. The van der Waals surface area contributed by atoms with E-state index in [1.807, 2.05) is 54.6 Å². The molecule has 0 bridgehead atoms. The molecule has 0 radical (unpaired) electrons. The van der Waals surface area contributed by atoms with Crippen molar-refractivity contribution in [2.45, 2.75) is 92.9 Å². The molecule has 4 aromatic carbocycles. The van der Waals surface area contributed by atoms with Crippen LogP contribution in [0.1, 0.15) is 114 Å². The second-order valence-corrected chi connectivity index (χ2v) is 21.3. The van der Waals surface area contributed by atoms with Gasteiger partial charge in [0.25, 0.3) is 0 Å². The summed E-state index contributed by atoms with van der Waals surface area (Å²) in [7, 11) is -2.85. The number of benzene rings is 4. The van der Waals surface area contributed by atoms with Crippen LogP contribution in [0.5, 0.6) is 0 Å². The molecule has 2 unspecified atom stereocenters. The lowest BCUT2D eigenvalue weighted by Crippen LogP contribution is -2.11. The van der Waals surface area contributed by atoms with E-state index in [-0.39, 0.29) is 5.91 Å². The Morgan fingerprint density at radius 1 is 0.576 bits per heavy atom. The van der Waals surface area contributed by atoms with Crippen molar-refractivity contribution in [2.75, 3.05) is 39.7 Å². The Bertz CT molecular complexity index is 2150. The molecule has 1 amide bonds. The minimum absolute atomic E-state index is 0.0609. The van der Waals surface area contributed by atoms with E-state index in [0.29, 0.717) is 39.6 Å². The molecule has 0 aliphatic heterocycles. The van der Waals surface area contributed by atoms with E-state index < -0.39 is 19.4 Å². The minimum Gasteiger partial charge on any atom is -0.483 e. The summed E-state index contributed by atoms with van der Waals surface area (Å²) in [5.41, 5.74) is 9.28. The van der Waals surface area contributed by atoms with Gasteiger partial charge in [-0.05, 0) is 132 Å². The highest BCUT2D eigenvalue weighted by molar-refractivity contribution is 8.01. The average molecular weight is 909 g/mol. The Morgan fingerprint density at radius 3 is 1.20 bits per heavy atom. The maximum Gasteiger partial charge on any atom is 0.221 e. The summed E-state index contributed by atoms with van der Waals surface area (Å²) in [6.07, 6.45) is 3.18. The summed E-state index contributed by atoms with van der Waals surface area (Å²) in [4.78, 5) is 10.9. The number of halogens is 3. The quantitative estimate of drug-likeness (QED) is 0.0836. The number of carbonyl (C=O) groups excluding carboxylic acids is 1. The summed E-state index contributed by atoms with van der Waals surface area (Å²) >= 11 is 17.8. The third kappa shape index (κ3) is 20.8. The van der Waals surface area contributed by atoms with Gasteiger partial charge in [-0.3, -0.25) is 4.79 Å². The number of rotatable bonds is 12.